The summed E-state index contributed by atoms with van der Waals surface area (Å²) in [5.41, 5.74) is 0. The summed E-state index contributed by atoms with van der Waals surface area (Å²) >= 11 is 0. The molecule has 0 aromatic carbocycles. The van der Waals surface area contributed by atoms with Gasteiger partial charge < -0.3 is 19.8 Å². The highest BCUT2D eigenvalue weighted by Gasteiger charge is 2.23. The summed E-state index contributed by atoms with van der Waals surface area (Å²) in [5.74, 6) is -7.34. The lowest BCUT2D eigenvalue weighted by molar-refractivity contribution is -0.315. The molecule has 0 fully saturated rings. The Balaban J connectivity index is 4.64. The Morgan fingerprint density at radius 3 is 1.58 bits per heavy atom. The molecular formula is C7H8O5-2. The van der Waals surface area contributed by atoms with Gasteiger partial charge in [0, 0.05) is 0 Å². The van der Waals surface area contributed by atoms with Gasteiger partial charge in [-0.3, -0.25) is 4.79 Å². The fourth-order valence-corrected chi connectivity index (χ4v) is 0.809. The first kappa shape index (κ1) is 10.6. The maximum Gasteiger partial charge on any atom is 0.187 e. The zero-order chi connectivity index (χ0) is 9.89. The van der Waals surface area contributed by atoms with Gasteiger partial charge in [0.2, 0.25) is 0 Å². The average molecular weight is 172 g/mol. The lowest BCUT2D eigenvalue weighted by Gasteiger charge is -2.20. The van der Waals surface area contributed by atoms with E-state index in [1.54, 1.807) is 0 Å². The van der Waals surface area contributed by atoms with E-state index in [0.717, 1.165) is 0 Å². The number of hydrogen-bond acceptors (Lipinski definition) is 5. The maximum atomic E-state index is 10.6. The first-order valence-electron chi connectivity index (χ1n) is 3.34. The van der Waals surface area contributed by atoms with Crippen molar-refractivity contribution in [3.05, 3.63) is 0 Å². The number of hydrogen-bond donors (Lipinski definition) is 0. The maximum absolute atomic E-state index is 10.6. The molecule has 0 aromatic rings. The van der Waals surface area contributed by atoms with E-state index in [4.69, 9.17) is 0 Å². The van der Waals surface area contributed by atoms with Crippen LogP contribution in [0.2, 0.25) is 0 Å². The van der Waals surface area contributed by atoms with Crippen LogP contribution >= 0.6 is 0 Å². The summed E-state index contributed by atoms with van der Waals surface area (Å²) in [5, 5.41) is 20.3. The van der Waals surface area contributed by atoms with Gasteiger partial charge in [0.25, 0.3) is 0 Å². The molecule has 0 bridgehead atoms. The topological polar surface area (TPSA) is 97.3 Å². The summed E-state index contributed by atoms with van der Waals surface area (Å²) in [7, 11) is 0. The van der Waals surface area contributed by atoms with E-state index in [1.807, 2.05) is 0 Å². The van der Waals surface area contributed by atoms with Gasteiger partial charge in [-0.2, -0.15) is 0 Å². The van der Waals surface area contributed by atoms with Crippen LogP contribution in [-0.2, 0) is 14.4 Å². The van der Waals surface area contributed by atoms with E-state index >= 15 is 0 Å². The Morgan fingerprint density at radius 2 is 1.50 bits per heavy atom. The first-order valence-corrected chi connectivity index (χ1v) is 3.34. The number of carboxylic acid groups (broad SMARTS) is 2. The van der Waals surface area contributed by atoms with E-state index in [9.17, 15) is 24.6 Å². The molecule has 0 rings (SSSR count). The van der Waals surface area contributed by atoms with Gasteiger partial charge in [0.05, 0.1) is 11.9 Å². The van der Waals surface area contributed by atoms with Crippen molar-refractivity contribution in [1.29, 1.82) is 0 Å². The van der Waals surface area contributed by atoms with Gasteiger partial charge in [0.15, 0.2) is 5.78 Å². The minimum absolute atomic E-state index is 0.611. The van der Waals surface area contributed by atoms with Crippen molar-refractivity contribution in [3.63, 3.8) is 0 Å². The Kier molecular flexibility index (Phi) is 3.40. The van der Waals surface area contributed by atoms with Crippen LogP contribution in [0.3, 0.4) is 0 Å². The van der Waals surface area contributed by atoms with Crippen molar-refractivity contribution >= 4 is 17.7 Å². The Labute approximate surface area is 69.0 Å². The van der Waals surface area contributed by atoms with E-state index in [-0.39, 0.29) is 0 Å². The van der Waals surface area contributed by atoms with Gasteiger partial charge in [0.1, 0.15) is 5.97 Å². The quantitative estimate of drug-likeness (QED) is 0.340. The van der Waals surface area contributed by atoms with Crippen LogP contribution < -0.4 is 10.2 Å². The van der Waals surface area contributed by atoms with Crippen LogP contribution in [0.15, 0.2) is 0 Å². The van der Waals surface area contributed by atoms with Crippen LogP contribution in [0.5, 0.6) is 0 Å². The van der Waals surface area contributed by atoms with Gasteiger partial charge in [-0.15, -0.1) is 0 Å². The Morgan fingerprint density at radius 1 is 1.08 bits per heavy atom. The molecule has 0 saturated heterocycles. The Bertz CT molecular complexity index is 218. The van der Waals surface area contributed by atoms with Crippen LogP contribution in [0, 0.1) is 11.8 Å². The molecule has 0 saturated carbocycles. The highest BCUT2D eigenvalue weighted by Crippen LogP contribution is 2.10. The molecule has 0 radical (unpaired) electrons. The van der Waals surface area contributed by atoms with Crippen molar-refractivity contribution in [1.82, 2.24) is 0 Å². The summed E-state index contributed by atoms with van der Waals surface area (Å²) in [6.07, 6.45) is 0. The van der Waals surface area contributed by atoms with Crippen molar-refractivity contribution in [2.45, 2.75) is 13.8 Å². The fourth-order valence-electron chi connectivity index (χ4n) is 0.809. The third-order valence-corrected chi connectivity index (χ3v) is 1.40. The standard InChI is InChI=1S/C7H10O5/c1-3(2)4(6(9)10)5(8)7(11)12/h3-4H,1-2H3,(H,9,10)(H,11,12)/p-2/t4-/m0/s1. The number of carbonyl (C=O) groups is 3. The first-order chi connectivity index (χ1) is 5.37. The summed E-state index contributed by atoms with van der Waals surface area (Å²) in [6, 6.07) is 0. The largest absolute Gasteiger partial charge is 0.549 e. The fraction of sp³-hybridized carbons (Fsp3) is 0.571. The SMILES string of the molecule is CC(C)[C@H](C(=O)[O-])C(=O)C(=O)[O-]. The molecule has 12 heavy (non-hydrogen) atoms. The lowest BCUT2D eigenvalue weighted by Crippen LogP contribution is -2.46. The van der Waals surface area contributed by atoms with Crippen LogP contribution in [0.4, 0.5) is 0 Å². The van der Waals surface area contributed by atoms with Crippen LogP contribution in [-0.4, -0.2) is 17.7 Å². The molecule has 0 unspecified atom stereocenters. The van der Waals surface area contributed by atoms with Gasteiger partial charge >= 0.3 is 0 Å². The summed E-state index contributed by atoms with van der Waals surface area (Å²) in [6.45, 7) is 2.84. The molecule has 0 N–H and O–H groups in total. The van der Waals surface area contributed by atoms with Crippen molar-refractivity contribution in [3.8, 4) is 0 Å². The number of carbonyl (C=O) groups excluding carboxylic acids is 3. The van der Waals surface area contributed by atoms with Crippen molar-refractivity contribution < 1.29 is 24.6 Å². The number of ketones is 1. The molecule has 5 heteroatoms. The minimum atomic E-state index is -1.99. The molecule has 0 aromatic heterocycles. The zero-order valence-electron chi connectivity index (χ0n) is 6.70. The normalized spacial score (nSPS) is 12.6. The highest BCUT2D eigenvalue weighted by molar-refractivity contribution is 6.36. The number of aliphatic carboxylic acids is 2. The third kappa shape index (κ3) is 2.34. The molecular weight excluding hydrogens is 164 g/mol. The van der Waals surface area contributed by atoms with Crippen molar-refractivity contribution in [2.75, 3.05) is 0 Å². The second kappa shape index (κ2) is 3.85. The smallest absolute Gasteiger partial charge is 0.187 e. The second-order valence-corrected chi connectivity index (χ2v) is 2.69. The monoisotopic (exact) mass is 172 g/mol. The predicted octanol–water partition coefficient (Wildman–Crippen LogP) is -2.67. The number of carboxylic acids is 2. The zero-order valence-corrected chi connectivity index (χ0v) is 6.70. The second-order valence-electron chi connectivity index (χ2n) is 2.69. The van der Waals surface area contributed by atoms with E-state index in [2.05, 4.69) is 0 Å². The van der Waals surface area contributed by atoms with Crippen molar-refractivity contribution in [2.24, 2.45) is 11.8 Å². The van der Waals surface area contributed by atoms with E-state index in [1.165, 1.54) is 13.8 Å². The molecule has 68 valence electrons. The molecule has 0 spiro atoms. The van der Waals surface area contributed by atoms with Crippen LogP contribution in [0.1, 0.15) is 13.8 Å². The van der Waals surface area contributed by atoms with Gasteiger partial charge in [-0.05, 0) is 5.92 Å². The number of Topliss-reactive ketones (excluding diaryl/α,β-unsaturated/α-hetero) is 1. The average Bonchev–Trinajstić information content (AvgIpc) is 1.85. The summed E-state index contributed by atoms with van der Waals surface area (Å²) in [4.78, 5) is 30.9. The Hall–Kier alpha value is -1.39. The third-order valence-electron chi connectivity index (χ3n) is 1.40. The molecule has 0 heterocycles. The van der Waals surface area contributed by atoms with Gasteiger partial charge in [-0.1, -0.05) is 13.8 Å². The highest BCUT2D eigenvalue weighted by atomic mass is 16.4. The number of rotatable bonds is 4. The molecule has 5 nitrogen and oxygen atoms in total. The molecule has 0 amide bonds. The molecule has 0 aliphatic rings. The minimum Gasteiger partial charge on any atom is -0.549 e. The predicted molar refractivity (Wildman–Crippen MR) is 33.3 cm³/mol. The summed E-state index contributed by atoms with van der Waals surface area (Å²) < 4.78 is 0. The molecule has 0 aliphatic carbocycles. The molecule has 1 atom stereocenters. The van der Waals surface area contributed by atoms with E-state index in [0.29, 0.717) is 0 Å². The molecule has 0 aliphatic heterocycles. The van der Waals surface area contributed by atoms with Crippen LogP contribution in [0.25, 0.3) is 0 Å². The van der Waals surface area contributed by atoms with Gasteiger partial charge in [-0.25, -0.2) is 0 Å². The lowest BCUT2D eigenvalue weighted by atomic mass is 9.92. The van der Waals surface area contributed by atoms with E-state index < -0.39 is 29.6 Å².